The highest BCUT2D eigenvalue weighted by atomic mass is 32.2. The molecule has 2 aromatic rings. The molecule has 1 atom stereocenters. The van der Waals surface area contributed by atoms with E-state index in [1.54, 1.807) is 18.0 Å². The molecule has 0 saturated carbocycles. The van der Waals surface area contributed by atoms with Crippen LogP contribution in [0.15, 0.2) is 41.8 Å². The number of aliphatic hydroxyl groups is 1. The zero-order valence-electron chi connectivity index (χ0n) is 10.00. The highest BCUT2D eigenvalue weighted by Gasteiger charge is 2.11. The van der Waals surface area contributed by atoms with E-state index in [0.717, 1.165) is 16.3 Å². The Bertz CT molecular complexity index is 496. The molecule has 1 heterocycles. The molecule has 0 saturated heterocycles. The minimum absolute atomic E-state index is 0.446. The van der Waals surface area contributed by atoms with Crippen LogP contribution in [0.25, 0.3) is 0 Å². The first-order valence-corrected chi connectivity index (χ1v) is 6.51. The van der Waals surface area contributed by atoms with Gasteiger partial charge in [-0.2, -0.15) is 0 Å². The van der Waals surface area contributed by atoms with Crippen molar-refractivity contribution in [3.63, 3.8) is 0 Å². The van der Waals surface area contributed by atoms with Gasteiger partial charge in [0.05, 0.1) is 6.10 Å². The first kappa shape index (κ1) is 12.2. The van der Waals surface area contributed by atoms with Gasteiger partial charge in [-0.15, -0.1) is 0 Å². The van der Waals surface area contributed by atoms with Crippen LogP contribution in [-0.4, -0.2) is 20.4 Å². The fourth-order valence-corrected chi connectivity index (χ4v) is 2.58. The molecular formula is C13H16N2OS. The summed E-state index contributed by atoms with van der Waals surface area (Å²) in [5.74, 6) is 0.621. The van der Waals surface area contributed by atoms with E-state index in [4.69, 9.17) is 0 Å². The summed E-state index contributed by atoms with van der Waals surface area (Å²) in [4.78, 5) is 4.22. The monoisotopic (exact) mass is 248 g/mol. The number of benzene rings is 1. The van der Waals surface area contributed by atoms with Crippen LogP contribution in [-0.2, 0) is 7.05 Å². The van der Waals surface area contributed by atoms with Gasteiger partial charge in [-0.1, -0.05) is 36.0 Å². The summed E-state index contributed by atoms with van der Waals surface area (Å²) < 4.78 is 1.95. The Balaban J connectivity index is 2.01. The average Bonchev–Trinajstić information content (AvgIpc) is 2.72. The Morgan fingerprint density at radius 1 is 1.41 bits per heavy atom. The lowest BCUT2D eigenvalue weighted by Gasteiger charge is -2.12. The minimum atomic E-state index is -0.446. The van der Waals surface area contributed by atoms with E-state index in [9.17, 15) is 5.11 Å². The lowest BCUT2D eigenvalue weighted by Crippen LogP contribution is -2.03. The quantitative estimate of drug-likeness (QED) is 0.845. The van der Waals surface area contributed by atoms with Crippen molar-refractivity contribution < 1.29 is 5.11 Å². The molecule has 0 aliphatic rings. The lowest BCUT2D eigenvalue weighted by atomic mass is 10.1. The first-order chi connectivity index (χ1) is 8.18. The van der Waals surface area contributed by atoms with Crippen molar-refractivity contribution in [2.45, 2.75) is 18.2 Å². The summed E-state index contributed by atoms with van der Waals surface area (Å²) in [6.45, 7) is 2.02. The van der Waals surface area contributed by atoms with Crippen molar-refractivity contribution in [1.82, 2.24) is 9.55 Å². The van der Waals surface area contributed by atoms with Gasteiger partial charge in [0.15, 0.2) is 5.16 Å². The molecule has 3 nitrogen and oxygen atoms in total. The van der Waals surface area contributed by atoms with E-state index in [1.807, 2.05) is 49.0 Å². The van der Waals surface area contributed by atoms with Crippen LogP contribution >= 0.6 is 11.8 Å². The molecule has 0 bridgehead atoms. The third-order valence-corrected chi connectivity index (χ3v) is 3.83. The van der Waals surface area contributed by atoms with Gasteiger partial charge in [-0.3, -0.25) is 0 Å². The van der Waals surface area contributed by atoms with Gasteiger partial charge < -0.3 is 9.67 Å². The topological polar surface area (TPSA) is 38.1 Å². The second-order valence-corrected chi connectivity index (χ2v) is 4.99. The van der Waals surface area contributed by atoms with Crippen LogP contribution in [0.5, 0.6) is 0 Å². The summed E-state index contributed by atoms with van der Waals surface area (Å²) in [5.41, 5.74) is 2.12. The van der Waals surface area contributed by atoms with Crippen LogP contribution in [0.2, 0.25) is 0 Å². The molecule has 0 amide bonds. The number of thioether (sulfide) groups is 1. The van der Waals surface area contributed by atoms with Crippen LogP contribution in [0, 0.1) is 6.92 Å². The van der Waals surface area contributed by atoms with Crippen molar-refractivity contribution in [3.05, 3.63) is 47.8 Å². The maximum Gasteiger partial charge on any atom is 0.167 e. The molecule has 1 aromatic carbocycles. The van der Waals surface area contributed by atoms with Gasteiger partial charge >= 0.3 is 0 Å². The lowest BCUT2D eigenvalue weighted by molar-refractivity contribution is 0.203. The summed E-state index contributed by atoms with van der Waals surface area (Å²) in [6.07, 6.45) is 3.23. The van der Waals surface area contributed by atoms with Crippen LogP contribution < -0.4 is 0 Å². The summed E-state index contributed by atoms with van der Waals surface area (Å²) in [5, 5.41) is 11.1. The molecular weight excluding hydrogens is 232 g/mol. The van der Waals surface area contributed by atoms with Gasteiger partial charge in [-0.25, -0.2) is 4.98 Å². The van der Waals surface area contributed by atoms with E-state index >= 15 is 0 Å². The van der Waals surface area contributed by atoms with E-state index in [2.05, 4.69) is 4.98 Å². The van der Waals surface area contributed by atoms with Crippen LogP contribution in [0.3, 0.4) is 0 Å². The smallest absolute Gasteiger partial charge is 0.167 e. The zero-order valence-corrected chi connectivity index (χ0v) is 10.8. The van der Waals surface area contributed by atoms with Crippen molar-refractivity contribution in [3.8, 4) is 0 Å². The fourth-order valence-electron chi connectivity index (χ4n) is 1.69. The molecule has 1 N–H and O–H groups in total. The fraction of sp³-hybridized carbons (Fsp3) is 0.308. The standard InChI is InChI=1S/C13H16N2OS/c1-10-5-3-4-6-11(10)12(16)9-17-13-14-7-8-15(13)2/h3-8,12,16H,9H2,1-2H3. The summed E-state index contributed by atoms with van der Waals surface area (Å²) >= 11 is 1.57. The largest absolute Gasteiger partial charge is 0.388 e. The predicted octanol–water partition coefficient (Wildman–Crippen LogP) is 2.55. The summed E-state index contributed by atoms with van der Waals surface area (Å²) in [7, 11) is 1.95. The summed E-state index contributed by atoms with van der Waals surface area (Å²) in [6, 6.07) is 7.93. The highest BCUT2D eigenvalue weighted by molar-refractivity contribution is 7.99. The van der Waals surface area contributed by atoms with Crippen LogP contribution in [0.1, 0.15) is 17.2 Å². The van der Waals surface area contributed by atoms with E-state index < -0.39 is 6.10 Å². The number of hydrogen-bond donors (Lipinski definition) is 1. The molecule has 0 radical (unpaired) electrons. The number of aromatic nitrogens is 2. The van der Waals surface area contributed by atoms with Gasteiger partial charge in [-0.05, 0) is 18.1 Å². The van der Waals surface area contributed by atoms with E-state index in [0.29, 0.717) is 5.75 Å². The molecule has 17 heavy (non-hydrogen) atoms. The van der Waals surface area contributed by atoms with Crippen molar-refractivity contribution in [2.75, 3.05) is 5.75 Å². The van der Waals surface area contributed by atoms with Crippen LogP contribution in [0.4, 0.5) is 0 Å². The molecule has 0 aliphatic heterocycles. The van der Waals surface area contributed by atoms with Crippen molar-refractivity contribution >= 4 is 11.8 Å². The zero-order chi connectivity index (χ0) is 12.3. The molecule has 0 spiro atoms. The number of aliphatic hydroxyl groups excluding tert-OH is 1. The predicted molar refractivity (Wildman–Crippen MR) is 70.1 cm³/mol. The molecule has 90 valence electrons. The Kier molecular flexibility index (Phi) is 3.86. The first-order valence-electron chi connectivity index (χ1n) is 5.52. The number of aryl methyl sites for hydroxylation is 2. The second kappa shape index (κ2) is 5.38. The molecule has 1 unspecified atom stereocenters. The molecule has 0 aliphatic carbocycles. The second-order valence-electron chi connectivity index (χ2n) is 4.00. The van der Waals surface area contributed by atoms with E-state index in [-0.39, 0.29) is 0 Å². The van der Waals surface area contributed by atoms with Gasteiger partial charge in [0, 0.05) is 25.2 Å². The highest BCUT2D eigenvalue weighted by Crippen LogP contribution is 2.24. The van der Waals surface area contributed by atoms with Gasteiger partial charge in [0.2, 0.25) is 0 Å². The number of nitrogens with zero attached hydrogens (tertiary/aromatic N) is 2. The Morgan fingerprint density at radius 2 is 2.18 bits per heavy atom. The van der Waals surface area contributed by atoms with E-state index in [1.165, 1.54) is 0 Å². The Morgan fingerprint density at radius 3 is 2.82 bits per heavy atom. The molecule has 4 heteroatoms. The SMILES string of the molecule is Cc1ccccc1C(O)CSc1nccn1C. The number of rotatable bonds is 4. The minimum Gasteiger partial charge on any atom is -0.388 e. The normalized spacial score (nSPS) is 12.6. The molecule has 1 aromatic heterocycles. The Hall–Kier alpha value is -1.26. The maximum atomic E-state index is 10.1. The average molecular weight is 248 g/mol. The van der Waals surface area contributed by atoms with Crippen molar-refractivity contribution in [1.29, 1.82) is 0 Å². The third-order valence-electron chi connectivity index (χ3n) is 2.69. The number of imidazole rings is 1. The van der Waals surface area contributed by atoms with Crippen molar-refractivity contribution in [2.24, 2.45) is 7.05 Å². The molecule has 2 rings (SSSR count). The maximum absolute atomic E-state index is 10.1. The molecule has 0 fully saturated rings. The van der Waals surface area contributed by atoms with Gasteiger partial charge in [0.1, 0.15) is 0 Å². The van der Waals surface area contributed by atoms with Gasteiger partial charge in [0.25, 0.3) is 0 Å². The number of hydrogen-bond acceptors (Lipinski definition) is 3. The Labute approximate surface area is 106 Å². The third kappa shape index (κ3) is 2.90.